The lowest BCUT2D eigenvalue weighted by Crippen LogP contribution is -2.37. The van der Waals surface area contributed by atoms with Crippen LogP contribution in [0.2, 0.25) is 0 Å². The van der Waals surface area contributed by atoms with Crippen molar-refractivity contribution in [3.05, 3.63) is 82.3 Å². The largest absolute Gasteiger partial charge is 0.388 e. The number of ketones is 1. The molecule has 1 heterocycles. The van der Waals surface area contributed by atoms with Crippen LogP contribution in [0.5, 0.6) is 0 Å². The number of Topliss-reactive ketones (excluding diaryl/α,β-unsaturated/α-hetero) is 1. The molecule has 1 aliphatic heterocycles. The van der Waals surface area contributed by atoms with E-state index in [2.05, 4.69) is 26.9 Å². The fourth-order valence-corrected chi connectivity index (χ4v) is 4.94. The van der Waals surface area contributed by atoms with Crippen molar-refractivity contribution in [2.24, 2.45) is 5.92 Å². The highest BCUT2D eigenvalue weighted by Crippen LogP contribution is 2.30. The van der Waals surface area contributed by atoms with Crippen LogP contribution in [0.1, 0.15) is 47.7 Å². The SMILES string of the molecule is O=C(c1ccc(Br)c2ccccc12)C1CCN(CCCC(O)c2ccccc2)CC1. The van der Waals surface area contributed by atoms with Crippen LogP contribution < -0.4 is 0 Å². The molecule has 1 fully saturated rings. The maximum absolute atomic E-state index is 13.2. The number of nitrogens with zero attached hydrogens (tertiary/aromatic N) is 1. The average molecular weight is 466 g/mol. The normalized spacial score (nSPS) is 16.6. The van der Waals surface area contributed by atoms with Gasteiger partial charge in [-0.05, 0) is 73.8 Å². The second kappa shape index (κ2) is 9.86. The van der Waals surface area contributed by atoms with E-state index in [1.807, 2.05) is 60.7 Å². The van der Waals surface area contributed by atoms with E-state index in [9.17, 15) is 9.90 Å². The molecule has 1 saturated heterocycles. The molecule has 3 nitrogen and oxygen atoms in total. The van der Waals surface area contributed by atoms with Gasteiger partial charge in [0.2, 0.25) is 0 Å². The summed E-state index contributed by atoms with van der Waals surface area (Å²) in [6.07, 6.45) is 3.16. The first kappa shape index (κ1) is 21.2. The molecule has 0 spiro atoms. The molecule has 30 heavy (non-hydrogen) atoms. The van der Waals surface area contributed by atoms with Gasteiger partial charge in [0.05, 0.1) is 6.10 Å². The van der Waals surface area contributed by atoms with Gasteiger partial charge in [0.1, 0.15) is 0 Å². The molecule has 156 valence electrons. The third-order valence-electron chi connectivity index (χ3n) is 6.23. The van der Waals surface area contributed by atoms with Gasteiger partial charge >= 0.3 is 0 Å². The van der Waals surface area contributed by atoms with E-state index in [0.29, 0.717) is 0 Å². The molecule has 1 aliphatic rings. The van der Waals surface area contributed by atoms with E-state index in [-0.39, 0.29) is 11.7 Å². The Morgan fingerprint density at radius 1 is 0.967 bits per heavy atom. The van der Waals surface area contributed by atoms with Crippen LogP contribution in [0.3, 0.4) is 0 Å². The molecule has 0 aromatic heterocycles. The van der Waals surface area contributed by atoms with Gasteiger partial charge < -0.3 is 10.0 Å². The van der Waals surface area contributed by atoms with Crippen LogP contribution in [0.4, 0.5) is 0 Å². The van der Waals surface area contributed by atoms with Gasteiger partial charge in [-0.2, -0.15) is 0 Å². The van der Waals surface area contributed by atoms with Gasteiger partial charge in [-0.1, -0.05) is 70.5 Å². The van der Waals surface area contributed by atoms with Crippen molar-refractivity contribution in [1.82, 2.24) is 4.90 Å². The van der Waals surface area contributed by atoms with Crippen LogP contribution in [-0.4, -0.2) is 35.4 Å². The van der Waals surface area contributed by atoms with E-state index in [1.165, 1.54) is 0 Å². The molecular formula is C26H28BrNO2. The standard InChI is InChI=1S/C26H28BrNO2/c27-24-13-12-23(21-9-4-5-10-22(21)24)26(30)20-14-17-28(18-15-20)16-6-11-25(29)19-7-2-1-3-8-19/h1-5,7-10,12-13,20,25,29H,6,11,14-18H2. The Morgan fingerprint density at radius 2 is 1.63 bits per heavy atom. The maximum Gasteiger partial charge on any atom is 0.166 e. The van der Waals surface area contributed by atoms with Crippen LogP contribution >= 0.6 is 15.9 Å². The first-order valence-electron chi connectivity index (χ1n) is 10.8. The number of benzene rings is 3. The first-order chi connectivity index (χ1) is 14.6. The Labute approximate surface area is 186 Å². The molecule has 1 N–H and O–H groups in total. The maximum atomic E-state index is 13.2. The minimum Gasteiger partial charge on any atom is -0.388 e. The highest BCUT2D eigenvalue weighted by molar-refractivity contribution is 9.10. The van der Waals surface area contributed by atoms with Crippen molar-refractivity contribution >= 4 is 32.5 Å². The minimum absolute atomic E-state index is 0.0979. The number of hydrogen-bond donors (Lipinski definition) is 1. The molecule has 1 atom stereocenters. The molecule has 0 amide bonds. The molecule has 3 aromatic carbocycles. The molecule has 1 unspecified atom stereocenters. The van der Waals surface area contributed by atoms with Crippen molar-refractivity contribution in [2.75, 3.05) is 19.6 Å². The molecule has 3 aromatic rings. The number of carbonyl (C=O) groups excluding carboxylic acids is 1. The molecular weight excluding hydrogens is 438 g/mol. The molecule has 4 rings (SSSR count). The number of rotatable bonds is 7. The van der Waals surface area contributed by atoms with Crippen molar-refractivity contribution in [3.8, 4) is 0 Å². The third kappa shape index (κ3) is 4.83. The van der Waals surface area contributed by atoms with Gasteiger partial charge in [-0.25, -0.2) is 0 Å². The molecule has 0 saturated carbocycles. The lowest BCUT2D eigenvalue weighted by atomic mass is 9.87. The fraction of sp³-hybridized carbons (Fsp3) is 0.346. The number of piperidine rings is 1. The number of hydrogen-bond acceptors (Lipinski definition) is 3. The summed E-state index contributed by atoms with van der Waals surface area (Å²) in [5, 5.41) is 12.5. The van der Waals surface area contributed by atoms with Crippen molar-refractivity contribution in [1.29, 1.82) is 0 Å². The number of carbonyl (C=O) groups is 1. The summed E-state index contributed by atoms with van der Waals surface area (Å²) in [7, 11) is 0. The summed E-state index contributed by atoms with van der Waals surface area (Å²) in [6.45, 7) is 2.88. The Kier molecular flexibility index (Phi) is 6.98. The van der Waals surface area contributed by atoms with Gasteiger partial charge in [-0.3, -0.25) is 4.79 Å². The van der Waals surface area contributed by atoms with Gasteiger partial charge in [0, 0.05) is 16.0 Å². The van der Waals surface area contributed by atoms with E-state index >= 15 is 0 Å². The summed E-state index contributed by atoms with van der Waals surface area (Å²) < 4.78 is 1.03. The lowest BCUT2D eigenvalue weighted by molar-refractivity contribution is 0.0835. The zero-order chi connectivity index (χ0) is 20.9. The van der Waals surface area contributed by atoms with Gasteiger partial charge in [-0.15, -0.1) is 0 Å². The van der Waals surface area contributed by atoms with Crippen molar-refractivity contribution in [3.63, 3.8) is 0 Å². The van der Waals surface area contributed by atoms with Crippen LogP contribution in [0, 0.1) is 5.92 Å². The summed E-state index contributed by atoms with van der Waals surface area (Å²) in [6, 6.07) is 21.9. The third-order valence-corrected chi connectivity index (χ3v) is 6.92. The van der Waals surface area contributed by atoms with Crippen LogP contribution in [-0.2, 0) is 0 Å². The summed E-state index contributed by atoms with van der Waals surface area (Å²) in [5.41, 5.74) is 1.83. The quantitative estimate of drug-likeness (QED) is 0.434. The molecule has 0 aliphatic carbocycles. The molecule has 4 heteroatoms. The fourth-order valence-electron chi connectivity index (χ4n) is 4.47. The monoisotopic (exact) mass is 465 g/mol. The number of aliphatic hydroxyl groups is 1. The number of halogens is 1. The lowest BCUT2D eigenvalue weighted by Gasteiger charge is -2.31. The zero-order valence-electron chi connectivity index (χ0n) is 17.1. The summed E-state index contributed by atoms with van der Waals surface area (Å²) in [5.74, 6) is 0.374. The predicted octanol–water partition coefficient (Wildman–Crippen LogP) is 6.01. The minimum atomic E-state index is -0.393. The van der Waals surface area contributed by atoms with E-state index in [0.717, 1.165) is 71.7 Å². The Morgan fingerprint density at radius 3 is 2.37 bits per heavy atom. The Balaban J connectivity index is 1.30. The summed E-state index contributed by atoms with van der Waals surface area (Å²) in [4.78, 5) is 15.7. The number of likely N-dealkylation sites (tertiary alicyclic amines) is 1. The Hall–Kier alpha value is -2.01. The van der Waals surface area contributed by atoms with Crippen molar-refractivity contribution < 1.29 is 9.90 Å². The van der Waals surface area contributed by atoms with Crippen molar-refractivity contribution in [2.45, 2.75) is 31.8 Å². The second-order valence-corrected chi connectivity index (χ2v) is 9.04. The average Bonchev–Trinajstić information content (AvgIpc) is 2.80. The summed E-state index contributed by atoms with van der Waals surface area (Å²) >= 11 is 3.60. The molecule has 0 bridgehead atoms. The topological polar surface area (TPSA) is 40.5 Å². The number of fused-ring (bicyclic) bond motifs is 1. The van der Waals surface area contributed by atoms with Gasteiger partial charge in [0.15, 0.2) is 5.78 Å². The highest BCUT2D eigenvalue weighted by Gasteiger charge is 2.27. The predicted molar refractivity (Wildman–Crippen MR) is 126 cm³/mol. The van der Waals surface area contributed by atoms with Gasteiger partial charge in [0.25, 0.3) is 0 Å². The second-order valence-electron chi connectivity index (χ2n) is 8.19. The number of aliphatic hydroxyl groups excluding tert-OH is 1. The molecule has 0 radical (unpaired) electrons. The first-order valence-corrected chi connectivity index (χ1v) is 11.6. The van der Waals surface area contributed by atoms with E-state index in [4.69, 9.17) is 0 Å². The van der Waals surface area contributed by atoms with Crippen LogP contribution in [0.25, 0.3) is 10.8 Å². The smallest absolute Gasteiger partial charge is 0.166 e. The van der Waals surface area contributed by atoms with E-state index < -0.39 is 6.10 Å². The zero-order valence-corrected chi connectivity index (χ0v) is 18.7. The van der Waals surface area contributed by atoms with Crippen LogP contribution in [0.15, 0.2) is 71.2 Å². The Bertz CT molecular complexity index is 996. The van der Waals surface area contributed by atoms with E-state index in [1.54, 1.807) is 0 Å². The highest BCUT2D eigenvalue weighted by atomic mass is 79.9.